The Morgan fingerprint density at radius 3 is 2.47 bits per heavy atom. The molecule has 0 saturated heterocycles. The lowest BCUT2D eigenvalue weighted by atomic mass is 10.1. The molecule has 0 saturated carbocycles. The standard InChI is InChI=1S/C9H11ClF3N3O/c1-16(2)8-5(7(10)14-4-15-8)3-6(17)9(11,12)13/h4,6,17H,3H2,1-2H3. The molecule has 0 radical (unpaired) electrons. The van der Waals surface area contributed by atoms with Crippen molar-refractivity contribution in [1.29, 1.82) is 0 Å². The molecule has 0 aliphatic carbocycles. The molecule has 0 aromatic carbocycles. The summed E-state index contributed by atoms with van der Waals surface area (Å²) in [6, 6.07) is 0. The fourth-order valence-corrected chi connectivity index (χ4v) is 1.46. The number of nitrogens with zero attached hydrogens (tertiary/aromatic N) is 3. The number of aliphatic hydroxyl groups excluding tert-OH is 1. The molecule has 96 valence electrons. The minimum Gasteiger partial charge on any atom is -0.383 e. The summed E-state index contributed by atoms with van der Waals surface area (Å²) in [4.78, 5) is 8.94. The van der Waals surface area contributed by atoms with Crippen LogP contribution in [0.25, 0.3) is 0 Å². The summed E-state index contributed by atoms with van der Waals surface area (Å²) < 4.78 is 36.8. The largest absolute Gasteiger partial charge is 0.414 e. The number of aromatic nitrogens is 2. The maximum atomic E-state index is 12.3. The van der Waals surface area contributed by atoms with Gasteiger partial charge in [0.2, 0.25) is 0 Å². The first-order valence-electron chi connectivity index (χ1n) is 4.65. The van der Waals surface area contributed by atoms with Crippen LogP contribution in [0.3, 0.4) is 0 Å². The van der Waals surface area contributed by atoms with Gasteiger partial charge in [-0.25, -0.2) is 9.97 Å². The van der Waals surface area contributed by atoms with Gasteiger partial charge in [-0.1, -0.05) is 11.6 Å². The lowest BCUT2D eigenvalue weighted by Gasteiger charge is -2.19. The van der Waals surface area contributed by atoms with E-state index in [1.807, 2.05) is 0 Å². The van der Waals surface area contributed by atoms with Crippen molar-refractivity contribution >= 4 is 17.4 Å². The van der Waals surface area contributed by atoms with Crippen LogP contribution in [0.15, 0.2) is 6.33 Å². The Morgan fingerprint density at radius 1 is 1.41 bits per heavy atom. The van der Waals surface area contributed by atoms with E-state index in [4.69, 9.17) is 16.7 Å². The van der Waals surface area contributed by atoms with Crippen molar-refractivity contribution in [3.63, 3.8) is 0 Å². The molecule has 0 bridgehead atoms. The number of aliphatic hydroxyl groups is 1. The number of alkyl halides is 3. The Kier molecular flexibility index (Phi) is 4.16. The van der Waals surface area contributed by atoms with Crippen LogP contribution >= 0.6 is 11.6 Å². The average molecular weight is 270 g/mol. The van der Waals surface area contributed by atoms with E-state index >= 15 is 0 Å². The van der Waals surface area contributed by atoms with Crippen LogP contribution in [0, 0.1) is 0 Å². The smallest absolute Gasteiger partial charge is 0.383 e. The lowest BCUT2D eigenvalue weighted by Crippen LogP contribution is -2.31. The highest BCUT2D eigenvalue weighted by Crippen LogP contribution is 2.28. The second-order valence-electron chi connectivity index (χ2n) is 3.62. The molecular weight excluding hydrogens is 259 g/mol. The fourth-order valence-electron chi connectivity index (χ4n) is 1.25. The minimum absolute atomic E-state index is 0.0731. The monoisotopic (exact) mass is 269 g/mol. The fraction of sp³-hybridized carbons (Fsp3) is 0.556. The van der Waals surface area contributed by atoms with Gasteiger partial charge < -0.3 is 10.0 Å². The molecule has 1 aromatic heterocycles. The molecule has 1 heterocycles. The van der Waals surface area contributed by atoms with Crippen molar-refractivity contribution in [3.05, 3.63) is 17.0 Å². The predicted molar refractivity (Wildman–Crippen MR) is 57.1 cm³/mol. The van der Waals surface area contributed by atoms with Crippen molar-refractivity contribution in [3.8, 4) is 0 Å². The van der Waals surface area contributed by atoms with Crippen LogP contribution in [0.5, 0.6) is 0 Å². The highest BCUT2D eigenvalue weighted by molar-refractivity contribution is 6.30. The molecule has 0 fully saturated rings. The first-order valence-corrected chi connectivity index (χ1v) is 5.02. The van der Waals surface area contributed by atoms with Gasteiger partial charge in [0.25, 0.3) is 0 Å². The van der Waals surface area contributed by atoms with E-state index in [0.29, 0.717) is 0 Å². The van der Waals surface area contributed by atoms with Crippen molar-refractivity contribution in [2.45, 2.75) is 18.7 Å². The van der Waals surface area contributed by atoms with Gasteiger partial charge in [-0.2, -0.15) is 13.2 Å². The number of hydrogen-bond acceptors (Lipinski definition) is 4. The number of halogens is 4. The van der Waals surface area contributed by atoms with E-state index in [1.165, 1.54) is 4.90 Å². The predicted octanol–water partition coefficient (Wildman–Crippen LogP) is 1.66. The first-order chi connectivity index (χ1) is 7.73. The highest BCUT2D eigenvalue weighted by Gasteiger charge is 2.39. The van der Waals surface area contributed by atoms with Crippen LogP contribution in [0.4, 0.5) is 19.0 Å². The second kappa shape index (κ2) is 5.05. The third-order valence-electron chi connectivity index (χ3n) is 2.07. The molecule has 8 heteroatoms. The molecule has 1 unspecified atom stereocenters. The zero-order chi connectivity index (χ0) is 13.2. The average Bonchev–Trinajstić information content (AvgIpc) is 2.18. The maximum Gasteiger partial charge on any atom is 0.414 e. The quantitative estimate of drug-likeness (QED) is 0.848. The third kappa shape index (κ3) is 3.44. The number of anilines is 1. The van der Waals surface area contributed by atoms with E-state index in [0.717, 1.165) is 6.33 Å². The van der Waals surface area contributed by atoms with Crippen molar-refractivity contribution < 1.29 is 18.3 Å². The topological polar surface area (TPSA) is 49.2 Å². The van der Waals surface area contributed by atoms with Crippen molar-refractivity contribution in [1.82, 2.24) is 9.97 Å². The summed E-state index contributed by atoms with van der Waals surface area (Å²) in [5.74, 6) is 0.258. The summed E-state index contributed by atoms with van der Waals surface area (Å²) in [7, 11) is 3.23. The van der Waals surface area contributed by atoms with Crippen LogP contribution in [-0.4, -0.2) is 41.5 Å². The highest BCUT2D eigenvalue weighted by atomic mass is 35.5. The van der Waals surface area contributed by atoms with Crippen LogP contribution in [0.1, 0.15) is 5.56 Å². The summed E-state index contributed by atoms with van der Waals surface area (Å²) in [6.07, 6.45) is -6.69. The third-order valence-corrected chi connectivity index (χ3v) is 2.39. The van der Waals surface area contributed by atoms with Crippen molar-refractivity contribution in [2.24, 2.45) is 0 Å². The second-order valence-corrected chi connectivity index (χ2v) is 3.98. The molecule has 1 rings (SSSR count). The molecule has 0 spiro atoms. The van der Waals surface area contributed by atoms with Gasteiger partial charge >= 0.3 is 6.18 Å². The Morgan fingerprint density at radius 2 is 2.00 bits per heavy atom. The molecule has 1 N–H and O–H groups in total. The maximum absolute atomic E-state index is 12.3. The molecule has 0 amide bonds. The zero-order valence-corrected chi connectivity index (χ0v) is 9.92. The minimum atomic E-state index is -4.69. The van der Waals surface area contributed by atoms with E-state index < -0.39 is 18.7 Å². The van der Waals surface area contributed by atoms with Gasteiger partial charge in [0.05, 0.1) is 0 Å². The van der Waals surface area contributed by atoms with Gasteiger partial charge in [0.15, 0.2) is 6.10 Å². The summed E-state index contributed by atoms with van der Waals surface area (Å²) in [6.45, 7) is 0. The van der Waals surface area contributed by atoms with Gasteiger partial charge in [-0.3, -0.25) is 0 Å². The van der Waals surface area contributed by atoms with E-state index in [-0.39, 0.29) is 16.5 Å². The lowest BCUT2D eigenvalue weighted by molar-refractivity contribution is -0.203. The molecular formula is C9H11ClF3N3O. The normalized spacial score (nSPS) is 13.6. The molecule has 1 atom stereocenters. The number of rotatable bonds is 3. The van der Waals surface area contributed by atoms with Crippen molar-refractivity contribution in [2.75, 3.05) is 19.0 Å². The number of hydrogen-bond donors (Lipinski definition) is 1. The summed E-state index contributed by atoms with van der Waals surface area (Å²) in [5.41, 5.74) is 0.0731. The Balaban J connectivity index is 3.05. The van der Waals surface area contributed by atoms with Gasteiger partial charge in [-0.05, 0) is 0 Å². The zero-order valence-electron chi connectivity index (χ0n) is 9.16. The Bertz CT molecular complexity index is 398. The molecule has 0 aliphatic heterocycles. The molecule has 0 aliphatic rings. The SMILES string of the molecule is CN(C)c1ncnc(Cl)c1CC(O)C(F)(F)F. The summed E-state index contributed by atoms with van der Waals surface area (Å²) >= 11 is 5.71. The molecule has 1 aromatic rings. The Labute approximate surface area is 101 Å². The molecule has 4 nitrogen and oxygen atoms in total. The van der Waals surface area contributed by atoms with E-state index in [9.17, 15) is 13.2 Å². The van der Waals surface area contributed by atoms with Gasteiger partial charge in [-0.15, -0.1) is 0 Å². The van der Waals surface area contributed by atoms with Crippen LogP contribution in [0.2, 0.25) is 5.15 Å². The van der Waals surface area contributed by atoms with E-state index in [1.54, 1.807) is 14.1 Å². The molecule has 17 heavy (non-hydrogen) atoms. The van der Waals surface area contributed by atoms with Crippen LogP contribution < -0.4 is 4.90 Å². The summed E-state index contributed by atoms with van der Waals surface area (Å²) in [5, 5.41) is 8.92. The van der Waals surface area contributed by atoms with Gasteiger partial charge in [0, 0.05) is 26.1 Å². The first kappa shape index (κ1) is 14.0. The van der Waals surface area contributed by atoms with E-state index in [2.05, 4.69) is 9.97 Å². The van der Waals surface area contributed by atoms with Crippen LogP contribution in [-0.2, 0) is 6.42 Å². The Hall–Kier alpha value is -1.08. The van der Waals surface area contributed by atoms with Gasteiger partial charge in [0.1, 0.15) is 17.3 Å².